The zero-order valence-electron chi connectivity index (χ0n) is 16.2. The second-order valence-electron chi connectivity index (χ2n) is 6.79. The summed E-state index contributed by atoms with van der Waals surface area (Å²) < 4.78 is 51.7. The monoisotopic (exact) mass is 448 g/mol. The van der Waals surface area contributed by atoms with Crippen LogP contribution in [-0.2, 0) is 9.84 Å². The van der Waals surface area contributed by atoms with E-state index in [2.05, 4.69) is 15.0 Å². The van der Waals surface area contributed by atoms with Crippen molar-refractivity contribution >= 4 is 21.6 Å². The molecule has 1 fully saturated rings. The van der Waals surface area contributed by atoms with E-state index in [0.717, 1.165) is 6.07 Å². The second kappa shape index (κ2) is 8.38. The summed E-state index contributed by atoms with van der Waals surface area (Å²) in [5.41, 5.74) is -0.249. The molecule has 0 aliphatic carbocycles. The molecule has 9 nitrogen and oxygen atoms in total. The van der Waals surface area contributed by atoms with Gasteiger partial charge in [-0.3, -0.25) is 9.36 Å². The van der Waals surface area contributed by atoms with E-state index in [1.807, 2.05) is 4.90 Å². The molecule has 0 bridgehead atoms. The molecule has 31 heavy (non-hydrogen) atoms. The largest absolute Gasteiger partial charge is 0.353 e. The van der Waals surface area contributed by atoms with E-state index in [-0.39, 0.29) is 18.7 Å². The van der Waals surface area contributed by atoms with Gasteiger partial charge >= 0.3 is 5.76 Å². The van der Waals surface area contributed by atoms with Gasteiger partial charge in [-0.05, 0) is 12.1 Å². The Labute approximate surface area is 176 Å². The number of halogens is 2. The van der Waals surface area contributed by atoms with E-state index in [9.17, 15) is 22.0 Å². The molecule has 3 heterocycles. The van der Waals surface area contributed by atoms with Crippen LogP contribution in [0.25, 0.3) is 5.82 Å². The molecule has 1 saturated heterocycles. The Bertz CT molecular complexity index is 1180. The standard InChI is InChI=1S/C19H18F2N6O3S/c20-19(21)31(29,30)15-4-2-1-3-14(15)18(28)26-9-7-25(8-10-26)16-11-17(24-12-23-16)27-6-5-22-13-27/h1-6,11-13,19H,7-10H2. The zero-order chi connectivity index (χ0) is 22.0. The third kappa shape index (κ3) is 4.10. The Morgan fingerprint density at radius 2 is 1.74 bits per heavy atom. The van der Waals surface area contributed by atoms with E-state index >= 15 is 0 Å². The van der Waals surface area contributed by atoms with Crippen LogP contribution in [0.5, 0.6) is 0 Å². The van der Waals surface area contributed by atoms with Gasteiger partial charge in [-0.15, -0.1) is 0 Å². The lowest BCUT2D eigenvalue weighted by Gasteiger charge is -2.35. The number of sulfone groups is 1. The van der Waals surface area contributed by atoms with Gasteiger partial charge in [0.05, 0.1) is 10.5 Å². The van der Waals surface area contributed by atoms with Crippen LogP contribution in [0.4, 0.5) is 14.6 Å². The minimum Gasteiger partial charge on any atom is -0.353 e. The fourth-order valence-corrected chi connectivity index (χ4v) is 4.26. The third-order valence-electron chi connectivity index (χ3n) is 4.96. The number of aromatic nitrogens is 4. The number of imidazole rings is 1. The lowest BCUT2D eigenvalue weighted by Crippen LogP contribution is -2.49. The smallest absolute Gasteiger partial charge is 0.341 e. The Kier molecular flexibility index (Phi) is 5.63. The average molecular weight is 448 g/mol. The predicted molar refractivity (Wildman–Crippen MR) is 107 cm³/mol. The number of amides is 1. The summed E-state index contributed by atoms with van der Waals surface area (Å²) in [5, 5.41) is 0. The number of piperazine rings is 1. The van der Waals surface area contributed by atoms with Gasteiger partial charge in [-0.2, -0.15) is 8.78 Å². The summed E-state index contributed by atoms with van der Waals surface area (Å²) in [6.45, 7) is 1.45. The molecule has 1 aliphatic heterocycles. The van der Waals surface area contributed by atoms with Crippen molar-refractivity contribution in [3.05, 3.63) is 60.9 Å². The lowest BCUT2D eigenvalue weighted by molar-refractivity contribution is 0.0742. The van der Waals surface area contributed by atoms with E-state index < -0.39 is 26.4 Å². The van der Waals surface area contributed by atoms with Crippen LogP contribution in [0.15, 0.2) is 60.3 Å². The minimum absolute atomic E-state index is 0.249. The SMILES string of the molecule is O=C(c1ccccc1S(=O)(=O)C(F)F)N1CCN(c2cc(-n3ccnc3)ncn2)CC1. The fraction of sp³-hybridized carbons (Fsp3) is 0.263. The van der Waals surface area contributed by atoms with Crippen molar-refractivity contribution in [1.29, 1.82) is 0 Å². The number of hydrogen-bond donors (Lipinski definition) is 0. The van der Waals surface area contributed by atoms with E-state index in [4.69, 9.17) is 0 Å². The summed E-state index contributed by atoms with van der Waals surface area (Å²) in [4.78, 5) is 28.1. The van der Waals surface area contributed by atoms with Gasteiger partial charge in [0, 0.05) is 44.6 Å². The van der Waals surface area contributed by atoms with Gasteiger partial charge < -0.3 is 9.80 Å². The van der Waals surface area contributed by atoms with Gasteiger partial charge in [0.1, 0.15) is 24.3 Å². The topological polar surface area (TPSA) is 101 Å². The maximum atomic E-state index is 13.0. The highest BCUT2D eigenvalue weighted by Crippen LogP contribution is 2.24. The highest BCUT2D eigenvalue weighted by Gasteiger charge is 2.33. The second-order valence-corrected chi connectivity index (χ2v) is 8.67. The molecule has 162 valence electrons. The predicted octanol–water partition coefficient (Wildman–Crippen LogP) is 1.62. The number of carbonyl (C=O) groups excluding carboxylic acids is 1. The molecule has 0 unspecified atom stereocenters. The Hall–Kier alpha value is -3.41. The van der Waals surface area contributed by atoms with Crippen molar-refractivity contribution < 1.29 is 22.0 Å². The van der Waals surface area contributed by atoms with Crippen LogP contribution >= 0.6 is 0 Å². The molecule has 1 aliphatic rings. The molecule has 0 saturated carbocycles. The summed E-state index contributed by atoms with van der Waals surface area (Å²) in [5.74, 6) is -2.87. The van der Waals surface area contributed by atoms with Gasteiger partial charge in [-0.1, -0.05) is 12.1 Å². The molecule has 0 atom stereocenters. The number of alkyl halides is 2. The number of benzene rings is 1. The number of hydrogen-bond acceptors (Lipinski definition) is 7. The molecule has 0 N–H and O–H groups in total. The zero-order valence-corrected chi connectivity index (χ0v) is 17.0. The van der Waals surface area contributed by atoms with Gasteiger partial charge in [0.15, 0.2) is 0 Å². The first-order valence-corrected chi connectivity index (χ1v) is 10.9. The third-order valence-corrected chi connectivity index (χ3v) is 6.39. The molecule has 1 amide bonds. The Morgan fingerprint density at radius 3 is 2.42 bits per heavy atom. The van der Waals surface area contributed by atoms with Crippen LogP contribution in [0, 0.1) is 0 Å². The number of nitrogens with zero attached hydrogens (tertiary/aromatic N) is 6. The highest BCUT2D eigenvalue weighted by molar-refractivity contribution is 7.91. The van der Waals surface area contributed by atoms with Crippen molar-refractivity contribution in [1.82, 2.24) is 24.4 Å². The molecular weight excluding hydrogens is 430 g/mol. The van der Waals surface area contributed by atoms with E-state index in [1.54, 1.807) is 29.4 Å². The van der Waals surface area contributed by atoms with Crippen LogP contribution < -0.4 is 4.90 Å². The molecule has 0 radical (unpaired) electrons. The average Bonchev–Trinajstić information content (AvgIpc) is 3.34. The summed E-state index contributed by atoms with van der Waals surface area (Å²) in [6, 6.07) is 6.85. The van der Waals surface area contributed by atoms with Crippen molar-refractivity contribution in [3.8, 4) is 5.82 Å². The first kappa shape index (κ1) is 20.8. The first-order chi connectivity index (χ1) is 14.9. The molecule has 12 heteroatoms. The van der Waals surface area contributed by atoms with Crippen molar-refractivity contribution in [2.24, 2.45) is 0 Å². The summed E-state index contributed by atoms with van der Waals surface area (Å²) in [6.07, 6.45) is 6.45. The molecule has 3 aromatic rings. The van der Waals surface area contributed by atoms with E-state index in [1.165, 1.54) is 29.4 Å². The van der Waals surface area contributed by atoms with Crippen LogP contribution in [-0.4, -0.2) is 70.7 Å². The maximum absolute atomic E-state index is 13.0. The normalized spacial score (nSPS) is 14.8. The number of anilines is 1. The Morgan fingerprint density at radius 1 is 1.03 bits per heavy atom. The van der Waals surface area contributed by atoms with Gasteiger partial charge in [0.25, 0.3) is 5.91 Å². The quantitative estimate of drug-likeness (QED) is 0.585. The van der Waals surface area contributed by atoms with Crippen LogP contribution in [0.2, 0.25) is 0 Å². The van der Waals surface area contributed by atoms with Crippen LogP contribution in [0.1, 0.15) is 10.4 Å². The fourth-order valence-electron chi connectivity index (χ4n) is 3.34. The summed E-state index contributed by atoms with van der Waals surface area (Å²) >= 11 is 0. The highest BCUT2D eigenvalue weighted by atomic mass is 32.2. The van der Waals surface area contributed by atoms with Gasteiger partial charge in [-0.25, -0.2) is 23.4 Å². The Balaban J connectivity index is 1.49. The molecular formula is C19H18F2N6O3S. The molecule has 2 aromatic heterocycles. The minimum atomic E-state index is -4.89. The first-order valence-electron chi connectivity index (χ1n) is 9.33. The summed E-state index contributed by atoms with van der Waals surface area (Å²) in [7, 11) is -4.89. The lowest BCUT2D eigenvalue weighted by atomic mass is 10.2. The van der Waals surface area contributed by atoms with Crippen LogP contribution in [0.3, 0.4) is 0 Å². The molecule has 4 rings (SSSR count). The van der Waals surface area contributed by atoms with E-state index in [0.29, 0.717) is 24.7 Å². The molecule has 0 spiro atoms. The van der Waals surface area contributed by atoms with Crippen molar-refractivity contribution in [2.75, 3.05) is 31.1 Å². The van der Waals surface area contributed by atoms with Gasteiger partial charge in [0.2, 0.25) is 9.84 Å². The number of rotatable bonds is 5. The van der Waals surface area contributed by atoms with Crippen molar-refractivity contribution in [3.63, 3.8) is 0 Å². The molecule has 1 aromatic carbocycles. The maximum Gasteiger partial charge on any atom is 0.341 e. The van der Waals surface area contributed by atoms with Crippen molar-refractivity contribution in [2.45, 2.75) is 10.7 Å². The number of carbonyl (C=O) groups is 1.